The van der Waals surface area contributed by atoms with Crippen molar-refractivity contribution in [2.45, 2.75) is 31.5 Å². The summed E-state index contributed by atoms with van der Waals surface area (Å²) < 4.78 is 46.2. The molecule has 134 valence electrons. The van der Waals surface area contributed by atoms with Gasteiger partial charge in [-0.1, -0.05) is 0 Å². The summed E-state index contributed by atoms with van der Waals surface area (Å²) in [7, 11) is 0. The quantitative estimate of drug-likeness (QED) is 0.736. The molecular formula is C20H17F3N2O. The van der Waals surface area contributed by atoms with Crippen molar-refractivity contribution >= 4 is 10.8 Å². The molecule has 1 heterocycles. The van der Waals surface area contributed by atoms with Crippen molar-refractivity contribution in [2.24, 2.45) is 0 Å². The first-order chi connectivity index (χ1) is 12.6. The number of aromatic nitrogens is 1. The fourth-order valence-corrected chi connectivity index (χ4v) is 3.21. The maximum atomic E-state index is 14.2. The topological polar surface area (TPSA) is 34.1 Å². The molecule has 1 saturated carbocycles. The van der Waals surface area contributed by atoms with Gasteiger partial charge >= 0.3 is 0 Å². The average molecular weight is 358 g/mol. The molecule has 0 atom stereocenters. The Balaban J connectivity index is 1.35. The molecule has 4 rings (SSSR count). The lowest BCUT2D eigenvalue weighted by atomic mass is 9.89. The summed E-state index contributed by atoms with van der Waals surface area (Å²) in [6, 6.07) is 8.41. The van der Waals surface area contributed by atoms with E-state index in [4.69, 9.17) is 4.74 Å². The van der Waals surface area contributed by atoms with Crippen LogP contribution in [0.4, 0.5) is 13.2 Å². The molecule has 26 heavy (non-hydrogen) atoms. The Bertz CT molecular complexity index is 941. The molecule has 3 nitrogen and oxygen atoms in total. The van der Waals surface area contributed by atoms with Gasteiger partial charge in [0.2, 0.25) is 0 Å². The molecule has 3 aromatic rings. The van der Waals surface area contributed by atoms with E-state index in [0.717, 1.165) is 16.8 Å². The maximum absolute atomic E-state index is 14.2. The highest BCUT2D eigenvalue weighted by molar-refractivity contribution is 5.84. The van der Waals surface area contributed by atoms with Crippen molar-refractivity contribution in [3.05, 3.63) is 71.8 Å². The van der Waals surface area contributed by atoms with Crippen molar-refractivity contribution in [3.63, 3.8) is 0 Å². The number of rotatable bonds is 5. The first kappa shape index (κ1) is 16.8. The molecule has 0 aliphatic heterocycles. The number of hydrogen-bond donors (Lipinski definition) is 1. The van der Waals surface area contributed by atoms with Crippen molar-refractivity contribution < 1.29 is 17.9 Å². The fourth-order valence-electron chi connectivity index (χ4n) is 3.21. The van der Waals surface area contributed by atoms with Gasteiger partial charge in [0.15, 0.2) is 11.6 Å². The second-order valence-electron chi connectivity index (χ2n) is 6.49. The molecule has 1 aromatic heterocycles. The van der Waals surface area contributed by atoms with Crippen molar-refractivity contribution in [2.75, 3.05) is 0 Å². The largest absolute Gasteiger partial charge is 0.487 e. The number of ether oxygens (including phenoxy) is 1. The van der Waals surface area contributed by atoms with Crippen LogP contribution in [0.15, 0.2) is 48.8 Å². The van der Waals surface area contributed by atoms with Crippen LogP contribution in [0.5, 0.6) is 5.75 Å². The molecule has 6 heteroatoms. The van der Waals surface area contributed by atoms with Crippen LogP contribution in [0.1, 0.15) is 18.4 Å². The van der Waals surface area contributed by atoms with Crippen LogP contribution in [0.3, 0.4) is 0 Å². The number of pyridine rings is 1. The van der Waals surface area contributed by atoms with Crippen molar-refractivity contribution in [1.29, 1.82) is 0 Å². The summed E-state index contributed by atoms with van der Waals surface area (Å²) in [6.45, 7) is 0.398. The van der Waals surface area contributed by atoms with E-state index >= 15 is 0 Å². The van der Waals surface area contributed by atoms with Crippen LogP contribution in [-0.2, 0) is 6.54 Å². The van der Waals surface area contributed by atoms with Gasteiger partial charge in [-0.15, -0.1) is 0 Å². The normalized spacial score (nSPS) is 19.3. The van der Waals surface area contributed by atoms with E-state index in [1.54, 1.807) is 24.5 Å². The van der Waals surface area contributed by atoms with Gasteiger partial charge in [0.05, 0.1) is 0 Å². The van der Waals surface area contributed by atoms with Crippen LogP contribution in [0, 0.1) is 17.5 Å². The minimum Gasteiger partial charge on any atom is -0.487 e. The average Bonchev–Trinajstić information content (AvgIpc) is 2.60. The smallest absolute Gasteiger partial charge is 0.167 e. The summed E-state index contributed by atoms with van der Waals surface area (Å²) in [5.74, 6) is -1.53. The molecule has 0 unspecified atom stereocenters. The lowest BCUT2D eigenvalue weighted by molar-refractivity contribution is 0.0801. The van der Waals surface area contributed by atoms with E-state index in [9.17, 15) is 13.2 Å². The highest BCUT2D eigenvalue weighted by Crippen LogP contribution is 2.29. The third-order valence-corrected chi connectivity index (χ3v) is 4.72. The van der Waals surface area contributed by atoms with E-state index in [2.05, 4.69) is 10.3 Å². The summed E-state index contributed by atoms with van der Waals surface area (Å²) in [6.07, 6.45) is 4.60. The molecule has 1 aliphatic rings. The third kappa shape index (κ3) is 3.37. The Hall–Kier alpha value is -2.60. The second-order valence-corrected chi connectivity index (χ2v) is 6.49. The Morgan fingerprint density at radius 3 is 2.69 bits per heavy atom. The summed E-state index contributed by atoms with van der Waals surface area (Å²) in [5, 5.41) is 5.05. The van der Waals surface area contributed by atoms with Gasteiger partial charge in [-0.2, -0.15) is 0 Å². The molecule has 2 aromatic carbocycles. The first-order valence-electron chi connectivity index (χ1n) is 8.46. The Labute approximate surface area is 148 Å². The lowest BCUT2D eigenvalue weighted by Crippen LogP contribution is -2.46. The van der Waals surface area contributed by atoms with E-state index in [0.29, 0.717) is 24.9 Å². The first-order valence-corrected chi connectivity index (χ1v) is 8.46. The zero-order valence-corrected chi connectivity index (χ0v) is 13.9. The SMILES string of the molecule is Fc1ccc(OC2CC(NCc3c(F)ccc4cnccc34)C2)c(F)c1. The minimum absolute atomic E-state index is 0.0578. The third-order valence-electron chi connectivity index (χ3n) is 4.72. The zero-order chi connectivity index (χ0) is 18.1. The minimum atomic E-state index is -0.701. The number of benzene rings is 2. The van der Waals surface area contributed by atoms with Gasteiger partial charge in [0, 0.05) is 42.0 Å². The Morgan fingerprint density at radius 2 is 1.88 bits per heavy atom. The fraction of sp³-hybridized carbons (Fsp3) is 0.250. The van der Waals surface area contributed by atoms with E-state index in [-0.39, 0.29) is 23.7 Å². The molecule has 1 fully saturated rings. The number of nitrogens with zero attached hydrogens (tertiary/aromatic N) is 1. The number of halogens is 3. The standard InChI is InChI=1S/C20H17F3N2O/c21-13-2-4-20(19(23)7-13)26-15-8-14(9-15)25-11-17-16-5-6-24-10-12(16)1-3-18(17)22/h1-7,10,14-15,25H,8-9,11H2. The highest BCUT2D eigenvalue weighted by Gasteiger charge is 2.31. The number of hydrogen-bond acceptors (Lipinski definition) is 3. The molecule has 0 spiro atoms. The summed E-state index contributed by atoms with van der Waals surface area (Å²) in [5.41, 5.74) is 0.610. The zero-order valence-electron chi connectivity index (χ0n) is 13.9. The summed E-state index contributed by atoms with van der Waals surface area (Å²) in [4.78, 5) is 4.06. The highest BCUT2D eigenvalue weighted by atomic mass is 19.1. The predicted octanol–water partition coefficient (Wildman–Crippen LogP) is 4.35. The molecule has 1 N–H and O–H groups in total. The second kappa shape index (κ2) is 6.96. The van der Waals surface area contributed by atoms with Crippen molar-refractivity contribution in [3.8, 4) is 5.75 Å². The van der Waals surface area contributed by atoms with E-state index < -0.39 is 11.6 Å². The molecular weight excluding hydrogens is 341 g/mol. The van der Waals surface area contributed by atoms with Gasteiger partial charge in [-0.25, -0.2) is 13.2 Å². The maximum Gasteiger partial charge on any atom is 0.167 e. The van der Waals surface area contributed by atoms with Gasteiger partial charge in [0.25, 0.3) is 0 Å². The Kier molecular flexibility index (Phi) is 4.51. The van der Waals surface area contributed by atoms with Crippen LogP contribution in [-0.4, -0.2) is 17.1 Å². The van der Waals surface area contributed by atoms with Crippen LogP contribution in [0.2, 0.25) is 0 Å². The van der Waals surface area contributed by atoms with Crippen LogP contribution < -0.4 is 10.1 Å². The van der Waals surface area contributed by atoms with E-state index in [1.807, 2.05) is 0 Å². The molecule has 0 bridgehead atoms. The number of fused-ring (bicyclic) bond motifs is 1. The van der Waals surface area contributed by atoms with Gasteiger partial charge in [-0.3, -0.25) is 4.98 Å². The van der Waals surface area contributed by atoms with Crippen LogP contribution >= 0.6 is 0 Å². The summed E-state index contributed by atoms with van der Waals surface area (Å²) >= 11 is 0. The lowest BCUT2D eigenvalue weighted by Gasteiger charge is -2.36. The van der Waals surface area contributed by atoms with E-state index in [1.165, 1.54) is 18.2 Å². The molecule has 0 amide bonds. The molecule has 0 saturated heterocycles. The molecule has 0 radical (unpaired) electrons. The van der Waals surface area contributed by atoms with Crippen molar-refractivity contribution in [1.82, 2.24) is 10.3 Å². The predicted molar refractivity (Wildman–Crippen MR) is 92.3 cm³/mol. The van der Waals surface area contributed by atoms with Gasteiger partial charge < -0.3 is 10.1 Å². The Morgan fingerprint density at radius 1 is 1.04 bits per heavy atom. The van der Waals surface area contributed by atoms with Gasteiger partial charge in [0.1, 0.15) is 17.7 Å². The van der Waals surface area contributed by atoms with Gasteiger partial charge in [-0.05, 0) is 48.6 Å². The molecule has 1 aliphatic carbocycles. The van der Waals surface area contributed by atoms with Crippen LogP contribution in [0.25, 0.3) is 10.8 Å². The monoisotopic (exact) mass is 358 g/mol. The number of nitrogens with one attached hydrogen (secondary N) is 1.